The van der Waals surface area contributed by atoms with Crippen LogP contribution in [0.1, 0.15) is 19.8 Å². The smallest absolute Gasteiger partial charge is 0.303 e. The van der Waals surface area contributed by atoms with Crippen LogP contribution in [0.15, 0.2) is 60.8 Å². The second-order valence-corrected chi connectivity index (χ2v) is 8.11. The van der Waals surface area contributed by atoms with E-state index >= 15 is 0 Å². The van der Waals surface area contributed by atoms with Gasteiger partial charge in [0, 0.05) is 30.6 Å². The summed E-state index contributed by atoms with van der Waals surface area (Å²) in [5.74, 6) is 1.99. The highest BCUT2D eigenvalue weighted by Crippen LogP contribution is 2.25. The van der Waals surface area contributed by atoms with Gasteiger partial charge in [0.1, 0.15) is 24.2 Å². The van der Waals surface area contributed by atoms with Gasteiger partial charge >= 0.3 is 5.97 Å². The van der Waals surface area contributed by atoms with Crippen molar-refractivity contribution in [3.8, 4) is 11.5 Å². The minimum absolute atomic E-state index is 0.278. The van der Waals surface area contributed by atoms with E-state index in [-0.39, 0.29) is 12.1 Å². The summed E-state index contributed by atoms with van der Waals surface area (Å²) in [5.41, 5.74) is 1.03. The monoisotopic (exact) mass is 422 g/mol. The number of aromatic nitrogens is 1. The molecule has 164 valence electrons. The maximum absolute atomic E-state index is 11.6. The van der Waals surface area contributed by atoms with Crippen LogP contribution in [-0.2, 0) is 9.53 Å². The fraction of sp³-hybridized carbons (Fsp3) is 0.400. The Morgan fingerprint density at radius 1 is 1.06 bits per heavy atom. The van der Waals surface area contributed by atoms with Crippen molar-refractivity contribution in [2.45, 2.75) is 25.9 Å². The highest BCUT2D eigenvalue weighted by atomic mass is 16.6. The van der Waals surface area contributed by atoms with Gasteiger partial charge < -0.3 is 19.2 Å². The third kappa shape index (κ3) is 6.01. The summed E-state index contributed by atoms with van der Waals surface area (Å²) in [6.07, 6.45) is 3.74. The van der Waals surface area contributed by atoms with Crippen LogP contribution in [0.3, 0.4) is 0 Å². The first kappa shape index (κ1) is 21.2. The molecule has 6 heteroatoms. The molecular formula is C25H30N2O4. The minimum Gasteiger partial charge on any atom is -0.493 e. The number of hydrogen-bond donors (Lipinski definition) is 1. The second kappa shape index (κ2) is 10.4. The number of hydrogen-bond acceptors (Lipinski definition) is 5. The number of nitrogens with one attached hydrogen (secondary N) is 1. The number of likely N-dealkylation sites (tertiary alicyclic amines) is 1. The number of rotatable bonds is 9. The number of piperidine rings is 1. The molecular weight excluding hydrogens is 392 g/mol. The standard InChI is InChI=1S/C25H30N2O4/c1-19(28)31-22(18-30-25-9-5-8-24-23(25)10-13-26-24)16-27-14-11-20(12-15-27)17-29-21-6-3-2-4-7-21/h2-10,13,20,22,26H,11-12,14-18H2,1H3. The molecule has 1 aromatic heterocycles. The summed E-state index contributed by atoms with van der Waals surface area (Å²) < 4.78 is 17.5. The van der Waals surface area contributed by atoms with Crippen LogP contribution in [0.25, 0.3) is 10.9 Å². The molecule has 0 bridgehead atoms. The lowest BCUT2D eigenvalue weighted by atomic mass is 9.97. The molecule has 4 rings (SSSR count). The lowest BCUT2D eigenvalue weighted by Crippen LogP contribution is -2.43. The van der Waals surface area contributed by atoms with Gasteiger partial charge in [-0.2, -0.15) is 0 Å². The first-order valence-electron chi connectivity index (χ1n) is 10.9. The zero-order chi connectivity index (χ0) is 21.5. The number of para-hydroxylation sites is 1. The molecule has 1 N–H and O–H groups in total. The molecule has 31 heavy (non-hydrogen) atoms. The number of nitrogens with zero attached hydrogens (tertiary/aromatic N) is 1. The number of fused-ring (bicyclic) bond motifs is 1. The Balaban J connectivity index is 1.26. The number of esters is 1. The van der Waals surface area contributed by atoms with Crippen LogP contribution in [0, 0.1) is 5.92 Å². The number of benzene rings is 2. The Kier molecular flexibility index (Phi) is 7.10. The van der Waals surface area contributed by atoms with Crippen LogP contribution in [0.5, 0.6) is 11.5 Å². The fourth-order valence-electron chi connectivity index (χ4n) is 4.08. The van der Waals surface area contributed by atoms with Gasteiger partial charge in [0.25, 0.3) is 0 Å². The van der Waals surface area contributed by atoms with E-state index in [1.54, 1.807) is 0 Å². The van der Waals surface area contributed by atoms with E-state index in [0.717, 1.165) is 54.9 Å². The summed E-state index contributed by atoms with van der Waals surface area (Å²) in [4.78, 5) is 17.2. The van der Waals surface area contributed by atoms with Gasteiger partial charge in [0.15, 0.2) is 0 Å². The summed E-state index contributed by atoms with van der Waals surface area (Å²) in [6, 6.07) is 17.9. The first-order chi connectivity index (χ1) is 15.2. The Labute approximate surface area is 183 Å². The van der Waals surface area contributed by atoms with E-state index < -0.39 is 0 Å². The summed E-state index contributed by atoms with van der Waals surface area (Å²) in [6.45, 7) is 5.14. The van der Waals surface area contributed by atoms with Crippen molar-refractivity contribution in [3.05, 3.63) is 60.8 Å². The predicted octanol–water partition coefficient (Wildman–Crippen LogP) is 4.27. The van der Waals surface area contributed by atoms with Crippen LogP contribution >= 0.6 is 0 Å². The quantitative estimate of drug-likeness (QED) is 0.522. The third-order valence-corrected chi connectivity index (χ3v) is 5.71. The maximum Gasteiger partial charge on any atom is 0.303 e. The average Bonchev–Trinajstić information content (AvgIpc) is 3.27. The van der Waals surface area contributed by atoms with Gasteiger partial charge in [-0.3, -0.25) is 9.69 Å². The molecule has 1 aliphatic heterocycles. The molecule has 0 radical (unpaired) electrons. The van der Waals surface area contributed by atoms with E-state index in [9.17, 15) is 4.79 Å². The number of aromatic amines is 1. The van der Waals surface area contributed by atoms with E-state index in [2.05, 4.69) is 9.88 Å². The zero-order valence-corrected chi connectivity index (χ0v) is 18.0. The number of H-pyrrole nitrogens is 1. The molecule has 0 amide bonds. The molecule has 6 nitrogen and oxygen atoms in total. The molecule has 0 spiro atoms. The van der Waals surface area contributed by atoms with Gasteiger partial charge in [-0.05, 0) is 62.2 Å². The Hall–Kier alpha value is -2.99. The van der Waals surface area contributed by atoms with Crippen LogP contribution < -0.4 is 9.47 Å². The van der Waals surface area contributed by atoms with Crippen LogP contribution in [-0.4, -0.2) is 54.8 Å². The van der Waals surface area contributed by atoms with Crippen molar-refractivity contribution in [2.75, 3.05) is 32.8 Å². The number of ether oxygens (including phenoxy) is 3. The first-order valence-corrected chi connectivity index (χ1v) is 10.9. The van der Waals surface area contributed by atoms with Gasteiger partial charge in [0.2, 0.25) is 0 Å². The molecule has 1 atom stereocenters. The summed E-state index contributed by atoms with van der Waals surface area (Å²) >= 11 is 0. The Morgan fingerprint density at radius 2 is 1.87 bits per heavy atom. The van der Waals surface area contributed by atoms with Crippen molar-refractivity contribution in [3.63, 3.8) is 0 Å². The van der Waals surface area contributed by atoms with E-state index in [1.807, 2.05) is 60.8 Å². The highest BCUT2D eigenvalue weighted by Gasteiger charge is 2.24. The lowest BCUT2D eigenvalue weighted by molar-refractivity contribution is -0.149. The predicted molar refractivity (Wildman–Crippen MR) is 120 cm³/mol. The van der Waals surface area contributed by atoms with Gasteiger partial charge in [-0.25, -0.2) is 0 Å². The largest absolute Gasteiger partial charge is 0.493 e. The van der Waals surface area contributed by atoms with Crippen LogP contribution in [0.2, 0.25) is 0 Å². The van der Waals surface area contributed by atoms with E-state index in [4.69, 9.17) is 14.2 Å². The molecule has 2 heterocycles. The van der Waals surface area contributed by atoms with Crippen molar-refractivity contribution in [1.29, 1.82) is 0 Å². The average molecular weight is 423 g/mol. The van der Waals surface area contributed by atoms with Gasteiger partial charge in [-0.1, -0.05) is 24.3 Å². The van der Waals surface area contributed by atoms with Gasteiger partial charge in [-0.15, -0.1) is 0 Å². The molecule has 1 aliphatic rings. The van der Waals surface area contributed by atoms with E-state index in [0.29, 0.717) is 19.1 Å². The van der Waals surface area contributed by atoms with Crippen molar-refractivity contribution < 1.29 is 19.0 Å². The lowest BCUT2D eigenvalue weighted by Gasteiger charge is -2.33. The molecule has 0 saturated carbocycles. The van der Waals surface area contributed by atoms with Crippen molar-refractivity contribution >= 4 is 16.9 Å². The second-order valence-electron chi connectivity index (χ2n) is 8.11. The molecule has 1 saturated heterocycles. The topological polar surface area (TPSA) is 63.8 Å². The highest BCUT2D eigenvalue weighted by molar-refractivity contribution is 5.85. The SMILES string of the molecule is CC(=O)OC(COc1cccc2[nH]ccc12)CN1CCC(COc2ccccc2)CC1. The molecule has 1 fully saturated rings. The minimum atomic E-state index is -0.302. The third-order valence-electron chi connectivity index (χ3n) is 5.71. The Bertz CT molecular complexity index is 964. The maximum atomic E-state index is 11.6. The Morgan fingerprint density at radius 3 is 2.65 bits per heavy atom. The number of carbonyl (C=O) groups excluding carboxylic acids is 1. The number of carbonyl (C=O) groups is 1. The molecule has 2 aromatic carbocycles. The van der Waals surface area contributed by atoms with E-state index in [1.165, 1.54) is 6.92 Å². The van der Waals surface area contributed by atoms with Crippen LogP contribution in [0.4, 0.5) is 0 Å². The van der Waals surface area contributed by atoms with Crippen molar-refractivity contribution in [2.24, 2.45) is 5.92 Å². The molecule has 1 unspecified atom stereocenters. The fourth-order valence-corrected chi connectivity index (χ4v) is 4.08. The summed E-state index contributed by atoms with van der Waals surface area (Å²) in [7, 11) is 0. The molecule has 0 aliphatic carbocycles. The molecule has 3 aromatic rings. The van der Waals surface area contributed by atoms with Crippen molar-refractivity contribution in [1.82, 2.24) is 9.88 Å². The summed E-state index contributed by atoms with van der Waals surface area (Å²) in [5, 5.41) is 1.03. The zero-order valence-electron chi connectivity index (χ0n) is 18.0. The van der Waals surface area contributed by atoms with Gasteiger partial charge in [0.05, 0.1) is 6.61 Å². The normalized spacial score (nSPS) is 16.2.